The zero-order valence-corrected chi connectivity index (χ0v) is 15.2. The fourth-order valence-corrected chi connectivity index (χ4v) is 3.91. The van der Waals surface area contributed by atoms with Gasteiger partial charge in [0.25, 0.3) is 5.79 Å². The van der Waals surface area contributed by atoms with E-state index in [1.165, 1.54) is 10.9 Å². The molecule has 2 aliphatic rings. The van der Waals surface area contributed by atoms with Gasteiger partial charge in [0.05, 0.1) is 11.7 Å². The zero-order valence-electron chi connectivity index (χ0n) is 15.2. The first-order chi connectivity index (χ1) is 13.6. The summed E-state index contributed by atoms with van der Waals surface area (Å²) in [6.45, 7) is -0.000821. The number of carbonyl (C=O) groups is 1. The van der Waals surface area contributed by atoms with Crippen LogP contribution in [0.4, 0.5) is 5.69 Å². The van der Waals surface area contributed by atoms with Gasteiger partial charge in [-0.1, -0.05) is 12.1 Å². The fraction of sp³-hybridized carbons (Fsp3) is 0.286. The van der Waals surface area contributed by atoms with Crippen molar-refractivity contribution in [2.24, 2.45) is 0 Å². The summed E-state index contributed by atoms with van der Waals surface area (Å²) in [5.41, 5.74) is 1.09. The van der Waals surface area contributed by atoms with Gasteiger partial charge in [-0.05, 0) is 37.1 Å². The van der Waals surface area contributed by atoms with Crippen LogP contribution < -0.4 is 20.2 Å². The summed E-state index contributed by atoms with van der Waals surface area (Å²) in [6.07, 6.45) is 5.19. The molecule has 3 aromatic rings. The zero-order chi connectivity index (χ0) is 19.1. The van der Waals surface area contributed by atoms with E-state index in [1.807, 2.05) is 12.1 Å². The maximum Gasteiger partial charge on any atom is 0.251 e. The Balaban J connectivity index is 1.34. The molecule has 1 spiro atoms. The molecule has 1 N–H and O–H groups in total. The minimum atomic E-state index is -0.524. The highest BCUT2D eigenvalue weighted by Crippen LogP contribution is 2.47. The number of hydrogen-bond acceptors (Lipinski definition) is 5. The van der Waals surface area contributed by atoms with Gasteiger partial charge in [0.2, 0.25) is 11.3 Å². The third kappa shape index (κ3) is 2.89. The van der Waals surface area contributed by atoms with Crippen LogP contribution in [0.25, 0.3) is 10.9 Å². The third-order valence-corrected chi connectivity index (χ3v) is 5.24. The number of fused-ring (bicyclic) bond motifs is 2. The Bertz CT molecular complexity index is 1130. The minimum Gasteiger partial charge on any atom is -0.448 e. The smallest absolute Gasteiger partial charge is 0.251 e. The lowest BCUT2D eigenvalue weighted by Crippen LogP contribution is -2.34. The first-order valence-electron chi connectivity index (χ1n) is 9.39. The van der Waals surface area contributed by atoms with Gasteiger partial charge in [0.1, 0.15) is 6.54 Å². The van der Waals surface area contributed by atoms with Crippen LogP contribution in [-0.2, 0) is 11.3 Å². The summed E-state index contributed by atoms with van der Waals surface area (Å²) >= 11 is 0. The monoisotopic (exact) mass is 377 g/mol. The molecule has 28 heavy (non-hydrogen) atoms. The average Bonchev–Trinajstić information content (AvgIpc) is 3.30. The van der Waals surface area contributed by atoms with Crippen LogP contribution in [-0.4, -0.2) is 21.5 Å². The Kier molecular flexibility index (Phi) is 3.82. The van der Waals surface area contributed by atoms with Gasteiger partial charge in [0, 0.05) is 30.0 Å². The van der Waals surface area contributed by atoms with Crippen molar-refractivity contribution in [3.63, 3.8) is 0 Å². The number of benzene rings is 2. The number of anilines is 1. The summed E-state index contributed by atoms with van der Waals surface area (Å²) < 4.78 is 13.6. The Hall–Kier alpha value is -3.35. The molecule has 0 radical (unpaired) electrons. The number of nitrogens with one attached hydrogen (secondary N) is 1. The van der Waals surface area contributed by atoms with Gasteiger partial charge < -0.3 is 14.8 Å². The summed E-state index contributed by atoms with van der Waals surface area (Å²) in [5.74, 6) is 0.611. The fourth-order valence-electron chi connectivity index (χ4n) is 3.91. The largest absolute Gasteiger partial charge is 0.448 e. The maximum atomic E-state index is 12.5. The van der Waals surface area contributed by atoms with Crippen LogP contribution in [0.5, 0.6) is 11.5 Å². The topological polar surface area (TPSA) is 82.5 Å². The number of amides is 1. The van der Waals surface area contributed by atoms with E-state index in [2.05, 4.69) is 10.4 Å². The molecule has 7 nitrogen and oxygen atoms in total. The number of nitrogens with zero attached hydrogens (tertiary/aromatic N) is 2. The predicted octanol–water partition coefficient (Wildman–Crippen LogP) is 3.08. The van der Waals surface area contributed by atoms with E-state index in [9.17, 15) is 9.59 Å². The lowest BCUT2D eigenvalue weighted by molar-refractivity contribution is -0.116. The Labute approximate surface area is 160 Å². The summed E-state index contributed by atoms with van der Waals surface area (Å²) in [6, 6.07) is 12.5. The molecule has 142 valence electrons. The molecule has 1 aliphatic carbocycles. The van der Waals surface area contributed by atoms with Crippen LogP contribution in [0.1, 0.15) is 25.7 Å². The van der Waals surface area contributed by atoms with Crippen molar-refractivity contribution < 1.29 is 14.3 Å². The molecule has 1 aliphatic heterocycles. The van der Waals surface area contributed by atoms with E-state index in [0.29, 0.717) is 28.1 Å². The lowest BCUT2D eigenvalue weighted by atomic mass is 10.2. The highest BCUT2D eigenvalue weighted by molar-refractivity contribution is 5.92. The molecule has 1 aromatic heterocycles. The van der Waals surface area contributed by atoms with E-state index in [0.717, 1.165) is 25.7 Å². The first-order valence-corrected chi connectivity index (χ1v) is 9.39. The summed E-state index contributed by atoms with van der Waals surface area (Å²) in [4.78, 5) is 24.5. The molecule has 0 bridgehead atoms. The number of rotatable bonds is 3. The third-order valence-electron chi connectivity index (χ3n) is 5.24. The lowest BCUT2D eigenvalue weighted by Gasteiger charge is -2.21. The van der Waals surface area contributed by atoms with Gasteiger partial charge in [-0.25, -0.2) is 0 Å². The summed E-state index contributed by atoms with van der Waals surface area (Å²) in [7, 11) is 0. The second kappa shape index (κ2) is 6.37. The Morgan fingerprint density at radius 3 is 2.75 bits per heavy atom. The molecule has 5 rings (SSSR count). The van der Waals surface area contributed by atoms with Crippen molar-refractivity contribution in [2.45, 2.75) is 38.0 Å². The van der Waals surface area contributed by atoms with Crippen molar-refractivity contribution in [3.05, 3.63) is 58.9 Å². The maximum absolute atomic E-state index is 12.5. The number of ether oxygens (including phenoxy) is 2. The molecule has 1 amide bonds. The van der Waals surface area contributed by atoms with E-state index >= 15 is 0 Å². The number of para-hydroxylation sites is 1. The number of carbonyl (C=O) groups excluding carboxylic acids is 1. The molecule has 1 saturated carbocycles. The van der Waals surface area contributed by atoms with Crippen LogP contribution in [0.3, 0.4) is 0 Å². The highest BCUT2D eigenvalue weighted by Gasteiger charge is 2.44. The minimum absolute atomic E-state index is 0.000821. The Morgan fingerprint density at radius 2 is 1.89 bits per heavy atom. The standard InChI is InChI=1S/C21H19N3O4/c25-17-12-22-24(16-6-2-1-5-15(16)17)13-20(26)23-14-7-8-18-19(11-14)28-21(27-18)9-3-4-10-21/h1-2,5-8,11-12H,3-4,9-10,13H2,(H,23,26). The van der Waals surface area contributed by atoms with Gasteiger partial charge >= 0.3 is 0 Å². The van der Waals surface area contributed by atoms with Crippen LogP contribution in [0, 0.1) is 0 Å². The van der Waals surface area contributed by atoms with Crippen molar-refractivity contribution in [2.75, 3.05) is 5.32 Å². The van der Waals surface area contributed by atoms with E-state index in [4.69, 9.17) is 9.47 Å². The molecule has 0 saturated heterocycles. The molecule has 2 aromatic carbocycles. The molecule has 1 fully saturated rings. The highest BCUT2D eigenvalue weighted by atomic mass is 16.7. The van der Waals surface area contributed by atoms with Gasteiger partial charge in [0.15, 0.2) is 11.5 Å². The van der Waals surface area contributed by atoms with Crippen LogP contribution in [0.15, 0.2) is 53.5 Å². The van der Waals surface area contributed by atoms with E-state index in [1.54, 1.807) is 30.3 Å². The number of hydrogen-bond donors (Lipinski definition) is 1. The molecule has 7 heteroatoms. The number of aromatic nitrogens is 2. The van der Waals surface area contributed by atoms with E-state index < -0.39 is 5.79 Å². The Morgan fingerprint density at radius 1 is 1.11 bits per heavy atom. The molecule has 2 heterocycles. The quantitative estimate of drug-likeness (QED) is 0.759. The van der Waals surface area contributed by atoms with Crippen molar-refractivity contribution in [3.8, 4) is 11.5 Å². The van der Waals surface area contributed by atoms with Crippen molar-refractivity contribution >= 4 is 22.5 Å². The predicted molar refractivity (Wildman–Crippen MR) is 104 cm³/mol. The first kappa shape index (κ1) is 16.8. The normalized spacial score (nSPS) is 16.6. The van der Waals surface area contributed by atoms with Crippen molar-refractivity contribution in [1.82, 2.24) is 9.78 Å². The van der Waals surface area contributed by atoms with Gasteiger partial charge in [-0.15, -0.1) is 0 Å². The molecule has 0 unspecified atom stereocenters. The summed E-state index contributed by atoms with van der Waals surface area (Å²) in [5, 5.41) is 7.49. The van der Waals surface area contributed by atoms with Crippen LogP contribution >= 0.6 is 0 Å². The van der Waals surface area contributed by atoms with Crippen molar-refractivity contribution in [1.29, 1.82) is 0 Å². The second-order valence-electron chi connectivity index (χ2n) is 7.22. The van der Waals surface area contributed by atoms with Gasteiger partial charge in [-0.2, -0.15) is 5.10 Å². The molecular weight excluding hydrogens is 358 g/mol. The van der Waals surface area contributed by atoms with Crippen LogP contribution in [0.2, 0.25) is 0 Å². The second-order valence-corrected chi connectivity index (χ2v) is 7.22. The molecular formula is C21H19N3O4. The average molecular weight is 377 g/mol. The SMILES string of the molecule is O=C(Cn1ncc(=O)c2ccccc21)Nc1ccc2c(c1)OC1(CCCC1)O2. The van der Waals surface area contributed by atoms with E-state index in [-0.39, 0.29) is 17.9 Å². The van der Waals surface area contributed by atoms with Gasteiger partial charge in [-0.3, -0.25) is 14.3 Å². The molecule has 0 atom stereocenters.